The van der Waals surface area contributed by atoms with Crippen LogP contribution in [0.25, 0.3) is 11.0 Å². The molecule has 1 aliphatic rings. The third-order valence-electron chi connectivity index (χ3n) is 2.73. The molecule has 0 radical (unpaired) electrons. The molecule has 2 aromatic rings. The van der Waals surface area contributed by atoms with Crippen LogP contribution in [-0.4, -0.2) is 35.7 Å². The summed E-state index contributed by atoms with van der Waals surface area (Å²) < 4.78 is 21.9. The van der Waals surface area contributed by atoms with Crippen molar-refractivity contribution in [2.24, 2.45) is 5.92 Å². The van der Waals surface area contributed by atoms with E-state index in [4.69, 9.17) is 0 Å². The molecule has 0 amide bonds. The summed E-state index contributed by atoms with van der Waals surface area (Å²) in [4.78, 5) is 11.2. The number of hydrogen-bond acceptors (Lipinski definition) is 5. The maximum atomic E-state index is 11.0. The topological polar surface area (TPSA) is 87.7 Å². The molecule has 0 bridgehead atoms. The lowest BCUT2D eigenvalue weighted by Gasteiger charge is -2.16. The monoisotopic (exact) mass is 253 g/mol. The summed E-state index contributed by atoms with van der Waals surface area (Å²) >= 11 is 0. The highest BCUT2D eigenvalue weighted by Gasteiger charge is 2.44. The summed E-state index contributed by atoms with van der Waals surface area (Å²) in [6.45, 7) is 0.580. The summed E-state index contributed by atoms with van der Waals surface area (Å²) in [5.41, 5.74) is 0.771. The summed E-state index contributed by atoms with van der Waals surface area (Å²) in [5, 5.41) is 4.06. The molecule has 1 fully saturated rings. The molecule has 1 aliphatic heterocycles. The molecular formula is C10H13N4O2S+. The van der Waals surface area contributed by atoms with E-state index < -0.39 is 9.84 Å². The normalized spacial score (nSPS) is 21.8. The predicted molar refractivity (Wildman–Crippen MR) is 66.1 cm³/mol. The van der Waals surface area contributed by atoms with Crippen LogP contribution in [0.2, 0.25) is 0 Å². The molecule has 0 spiro atoms. The van der Waals surface area contributed by atoms with Crippen LogP contribution in [0.4, 0.5) is 5.82 Å². The highest BCUT2D eigenvalue weighted by Crippen LogP contribution is 2.25. The van der Waals surface area contributed by atoms with E-state index in [0.717, 1.165) is 16.9 Å². The fourth-order valence-corrected chi connectivity index (χ4v) is 3.25. The van der Waals surface area contributed by atoms with Gasteiger partial charge in [-0.25, -0.2) is 9.97 Å². The van der Waals surface area contributed by atoms with E-state index in [0.29, 0.717) is 6.54 Å². The first-order valence-corrected chi connectivity index (χ1v) is 6.95. The van der Waals surface area contributed by atoms with Crippen LogP contribution in [0.1, 0.15) is 1.43 Å². The molecule has 3 rings (SSSR count). The molecule has 90 valence electrons. The van der Waals surface area contributed by atoms with Gasteiger partial charge < -0.3 is 10.3 Å². The van der Waals surface area contributed by atoms with Crippen LogP contribution in [0.3, 0.4) is 0 Å². The fourth-order valence-electron chi connectivity index (χ4n) is 1.91. The van der Waals surface area contributed by atoms with E-state index in [-0.39, 0.29) is 13.1 Å². The van der Waals surface area contributed by atoms with Gasteiger partial charge in [0.05, 0.1) is 11.9 Å². The van der Waals surface area contributed by atoms with Crippen molar-refractivity contribution in [1.82, 2.24) is 15.0 Å². The maximum Gasteiger partial charge on any atom is 0.297 e. The Morgan fingerprint density at radius 2 is 2.41 bits per heavy atom. The summed E-state index contributed by atoms with van der Waals surface area (Å²) in [6.07, 6.45) is 3.27. The second-order valence-corrected chi connectivity index (χ2v) is 6.00. The van der Waals surface area contributed by atoms with Crippen molar-refractivity contribution in [3.63, 3.8) is 0 Å². The van der Waals surface area contributed by atoms with Crippen molar-refractivity contribution in [1.29, 1.82) is 0 Å². The molecule has 1 atom stereocenters. The van der Waals surface area contributed by atoms with E-state index in [2.05, 4.69) is 20.3 Å². The molecule has 0 aromatic carbocycles. The van der Waals surface area contributed by atoms with Gasteiger partial charge in [0.25, 0.3) is 9.84 Å². The molecule has 2 aromatic heterocycles. The van der Waals surface area contributed by atoms with Crippen LogP contribution in [0.5, 0.6) is 0 Å². The van der Waals surface area contributed by atoms with Gasteiger partial charge in [0, 0.05) is 7.62 Å². The first-order chi connectivity index (χ1) is 8.14. The standard InChI is InChI=1S/C10H11N4O2S.H2/c15-17(16)4-7(5-17)3-12-10-8-1-2-11-9(8)13-6-14-10;/h1-2,4,6-7H,3,5H2,(H2,11,12,13,14);1H/q+1;/t7-;/m0./s1. The first kappa shape index (κ1) is 10.4. The van der Waals surface area contributed by atoms with Gasteiger partial charge in [-0.15, -0.1) is 0 Å². The molecule has 0 aliphatic carbocycles. The number of rotatable bonds is 3. The lowest BCUT2D eigenvalue weighted by Crippen LogP contribution is -2.36. The third-order valence-corrected chi connectivity index (χ3v) is 4.42. The number of anilines is 1. The fraction of sp³-hybridized carbons (Fsp3) is 0.300. The van der Waals surface area contributed by atoms with Gasteiger partial charge >= 0.3 is 0 Å². The zero-order valence-corrected chi connectivity index (χ0v) is 9.74. The number of H-pyrrole nitrogens is 1. The van der Waals surface area contributed by atoms with Crippen LogP contribution >= 0.6 is 0 Å². The summed E-state index contributed by atoms with van der Waals surface area (Å²) in [6, 6.07) is 1.89. The number of nitrogens with one attached hydrogen (secondary N) is 2. The highest BCUT2D eigenvalue weighted by molar-refractivity contribution is 7.94. The van der Waals surface area contributed by atoms with Gasteiger partial charge in [-0.2, -0.15) is 8.42 Å². The van der Waals surface area contributed by atoms with Crippen molar-refractivity contribution in [2.45, 2.75) is 0 Å². The Morgan fingerprint density at radius 1 is 1.59 bits per heavy atom. The van der Waals surface area contributed by atoms with Crippen molar-refractivity contribution < 1.29 is 9.84 Å². The number of aromatic amines is 1. The van der Waals surface area contributed by atoms with E-state index in [9.17, 15) is 8.42 Å². The molecule has 2 N–H and O–H groups in total. The second-order valence-electron chi connectivity index (χ2n) is 4.07. The predicted octanol–water partition coefficient (Wildman–Crippen LogP) is 0.822. The molecule has 6 nitrogen and oxygen atoms in total. The van der Waals surface area contributed by atoms with Gasteiger partial charge in [0.1, 0.15) is 23.5 Å². The van der Waals surface area contributed by atoms with E-state index >= 15 is 0 Å². The van der Waals surface area contributed by atoms with Crippen molar-refractivity contribution >= 4 is 26.7 Å². The van der Waals surface area contributed by atoms with Gasteiger partial charge in [0.2, 0.25) is 5.75 Å². The van der Waals surface area contributed by atoms with E-state index in [1.54, 1.807) is 6.20 Å². The van der Waals surface area contributed by atoms with Crippen LogP contribution < -0.4 is 5.32 Å². The minimum Gasteiger partial charge on any atom is -0.365 e. The Labute approximate surface area is 99.9 Å². The zero-order valence-electron chi connectivity index (χ0n) is 8.92. The highest BCUT2D eigenvalue weighted by atomic mass is 32.2. The molecule has 3 heterocycles. The molecule has 0 unspecified atom stereocenters. The smallest absolute Gasteiger partial charge is 0.297 e. The maximum absolute atomic E-state index is 11.0. The summed E-state index contributed by atoms with van der Waals surface area (Å²) in [5.74, 6) is 2.41. The Morgan fingerprint density at radius 3 is 3.18 bits per heavy atom. The van der Waals surface area contributed by atoms with Crippen molar-refractivity contribution in [2.75, 3.05) is 17.6 Å². The third kappa shape index (κ3) is 1.93. The van der Waals surface area contributed by atoms with Gasteiger partial charge in [-0.3, -0.25) is 0 Å². The number of nitrogens with zero attached hydrogens (tertiary/aromatic N) is 2. The molecule has 0 saturated carbocycles. The Hall–Kier alpha value is -1.76. The van der Waals surface area contributed by atoms with Crippen molar-refractivity contribution in [3.8, 4) is 0 Å². The molecule has 7 heteroatoms. The Bertz CT molecular complexity index is 643. The average Bonchev–Trinajstić information content (AvgIpc) is 2.71. The lowest BCUT2D eigenvalue weighted by atomic mass is 10.2. The van der Waals surface area contributed by atoms with Crippen molar-refractivity contribution in [3.05, 3.63) is 24.3 Å². The minimum absolute atomic E-state index is 0. The van der Waals surface area contributed by atoms with Gasteiger partial charge in [0.15, 0.2) is 5.92 Å². The second kappa shape index (κ2) is 3.63. The van der Waals surface area contributed by atoms with Crippen LogP contribution in [0.15, 0.2) is 18.6 Å². The van der Waals surface area contributed by atoms with Gasteiger partial charge in [-0.1, -0.05) is 0 Å². The molecule has 1 saturated heterocycles. The van der Waals surface area contributed by atoms with E-state index in [1.807, 2.05) is 6.07 Å². The molecule has 17 heavy (non-hydrogen) atoms. The minimum atomic E-state index is -2.87. The summed E-state index contributed by atoms with van der Waals surface area (Å²) in [7, 11) is -2.87. The SMILES string of the molecule is O=S1(=O)[CH+][C@H](CNc2ncnc3[nH]ccc23)C1.[HH]. The average molecular weight is 253 g/mol. The molecular weight excluding hydrogens is 240 g/mol. The van der Waals surface area contributed by atoms with Gasteiger partial charge in [-0.05, 0) is 6.07 Å². The zero-order chi connectivity index (χ0) is 11.9. The van der Waals surface area contributed by atoms with E-state index in [1.165, 1.54) is 12.1 Å². The Balaban J connectivity index is 0.00000120. The Kier molecular flexibility index (Phi) is 2.22. The lowest BCUT2D eigenvalue weighted by molar-refractivity contribution is 0.558. The first-order valence-electron chi connectivity index (χ1n) is 5.24. The largest absolute Gasteiger partial charge is 0.365 e. The number of sulfone groups is 1. The number of hydrogen-bond donors (Lipinski definition) is 2. The quantitative estimate of drug-likeness (QED) is 0.791. The van der Waals surface area contributed by atoms with Crippen LogP contribution in [0, 0.1) is 11.7 Å². The van der Waals surface area contributed by atoms with Crippen LogP contribution in [-0.2, 0) is 9.84 Å². The number of aromatic nitrogens is 3. The number of fused-ring (bicyclic) bond motifs is 1.